The normalized spacial score (nSPS) is 14.0. The summed E-state index contributed by atoms with van der Waals surface area (Å²) >= 11 is 0. The zero-order valence-corrected chi connectivity index (χ0v) is 18.4. The van der Waals surface area contributed by atoms with Crippen molar-refractivity contribution in [2.75, 3.05) is 43.7 Å². The van der Waals surface area contributed by atoms with Gasteiger partial charge in [-0.25, -0.2) is 5.43 Å². The number of nitro benzene ring substituents is 1. The lowest BCUT2D eigenvalue weighted by atomic mass is 10.0. The molecule has 3 heterocycles. The number of rotatable bonds is 7. The number of nitro groups is 1. The van der Waals surface area contributed by atoms with Gasteiger partial charge in [0.05, 0.1) is 31.5 Å². The summed E-state index contributed by atoms with van der Waals surface area (Å²) < 4.78 is 16.4. The summed E-state index contributed by atoms with van der Waals surface area (Å²) in [7, 11) is 1.48. The minimum Gasteiger partial charge on any atom is -0.467 e. The Morgan fingerprint density at radius 1 is 1.21 bits per heavy atom. The van der Waals surface area contributed by atoms with E-state index >= 15 is 0 Å². The lowest BCUT2D eigenvalue weighted by Crippen LogP contribution is -2.37. The van der Waals surface area contributed by atoms with Crippen molar-refractivity contribution >= 4 is 23.8 Å². The zero-order chi connectivity index (χ0) is 23.4. The highest BCUT2D eigenvalue weighted by molar-refractivity contribution is 5.79. The Bertz CT molecular complexity index is 1190. The minimum absolute atomic E-state index is 0.0538. The second-order valence-electron chi connectivity index (χ2n) is 7.33. The van der Waals surface area contributed by atoms with Gasteiger partial charge in [0.25, 0.3) is 11.6 Å². The summed E-state index contributed by atoms with van der Waals surface area (Å²) in [5.74, 6) is 1.66. The van der Waals surface area contributed by atoms with E-state index in [-0.39, 0.29) is 17.6 Å². The quantitative estimate of drug-likeness (QED) is 0.322. The predicted molar refractivity (Wildman–Crippen MR) is 121 cm³/mol. The van der Waals surface area contributed by atoms with Gasteiger partial charge in [0, 0.05) is 30.3 Å². The number of aromatic nitrogens is 3. The Balaban J connectivity index is 1.51. The van der Waals surface area contributed by atoms with Crippen LogP contribution in [-0.4, -0.2) is 59.5 Å². The highest BCUT2D eigenvalue weighted by atomic mass is 16.6. The summed E-state index contributed by atoms with van der Waals surface area (Å²) in [6, 6.07) is 7.03. The fourth-order valence-electron chi connectivity index (χ4n) is 3.40. The maximum absolute atomic E-state index is 11.3. The molecule has 0 bridgehead atoms. The van der Waals surface area contributed by atoms with Crippen LogP contribution in [0.15, 0.2) is 33.8 Å². The Hall–Kier alpha value is -4.06. The van der Waals surface area contributed by atoms with E-state index in [2.05, 4.69) is 25.5 Å². The maximum atomic E-state index is 11.3. The van der Waals surface area contributed by atoms with E-state index in [1.807, 2.05) is 11.0 Å². The Labute approximate surface area is 189 Å². The number of morpholine rings is 1. The van der Waals surface area contributed by atoms with E-state index in [0.717, 1.165) is 5.56 Å². The summed E-state index contributed by atoms with van der Waals surface area (Å²) in [5, 5.41) is 15.5. The van der Waals surface area contributed by atoms with E-state index in [0.29, 0.717) is 54.9 Å². The first-order chi connectivity index (χ1) is 15.9. The van der Waals surface area contributed by atoms with Crippen LogP contribution in [0.4, 0.5) is 17.6 Å². The van der Waals surface area contributed by atoms with Gasteiger partial charge in [0.2, 0.25) is 5.95 Å². The van der Waals surface area contributed by atoms with E-state index < -0.39 is 4.92 Å². The molecule has 1 saturated heterocycles. The molecule has 33 heavy (non-hydrogen) atoms. The summed E-state index contributed by atoms with van der Waals surface area (Å²) in [6.07, 6.45) is 1.47. The summed E-state index contributed by atoms with van der Waals surface area (Å²) in [6.45, 7) is 6.03. The maximum Gasteiger partial charge on any atom is 0.322 e. The third kappa shape index (κ3) is 5.06. The first-order valence-corrected chi connectivity index (χ1v) is 10.2. The van der Waals surface area contributed by atoms with Crippen LogP contribution < -0.4 is 15.1 Å². The van der Waals surface area contributed by atoms with Gasteiger partial charge in [0.1, 0.15) is 11.5 Å². The summed E-state index contributed by atoms with van der Waals surface area (Å²) in [4.78, 5) is 25.7. The molecule has 0 unspecified atom stereocenters. The highest BCUT2D eigenvalue weighted by Crippen LogP contribution is 2.32. The van der Waals surface area contributed by atoms with Crippen LogP contribution in [0.25, 0.3) is 11.3 Å². The molecule has 1 aromatic carbocycles. The molecular weight excluding hydrogens is 430 g/mol. The number of aryl methyl sites for hydroxylation is 1. The number of ether oxygens (including phenoxy) is 2. The van der Waals surface area contributed by atoms with Crippen LogP contribution >= 0.6 is 0 Å². The van der Waals surface area contributed by atoms with Crippen LogP contribution in [0.2, 0.25) is 0 Å². The number of methoxy groups -OCH3 is 1. The van der Waals surface area contributed by atoms with Crippen molar-refractivity contribution in [1.82, 2.24) is 15.0 Å². The van der Waals surface area contributed by atoms with E-state index in [9.17, 15) is 10.1 Å². The van der Waals surface area contributed by atoms with Gasteiger partial charge in [-0.05, 0) is 37.6 Å². The molecule has 0 aliphatic carbocycles. The summed E-state index contributed by atoms with van der Waals surface area (Å²) in [5.41, 5.74) is 4.78. The number of nitrogens with one attached hydrogen (secondary N) is 1. The van der Waals surface area contributed by atoms with E-state index in [1.165, 1.54) is 13.3 Å². The van der Waals surface area contributed by atoms with Gasteiger partial charge in [-0.1, -0.05) is 0 Å². The predicted octanol–water partition coefficient (Wildman–Crippen LogP) is 2.95. The number of hydrogen-bond acceptors (Lipinski definition) is 11. The number of benzene rings is 1. The van der Waals surface area contributed by atoms with Crippen LogP contribution in [0.3, 0.4) is 0 Å². The molecule has 12 nitrogen and oxygen atoms in total. The van der Waals surface area contributed by atoms with Crippen molar-refractivity contribution < 1.29 is 18.8 Å². The van der Waals surface area contributed by atoms with E-state index in [1.54, 1.807) is 32.0 Å². The molecular formula is C21H23N7O5. The average Bonchev–Trinajstić information content (AvgIpc) is 3.29. The molecule has 2 aromatic heterocycles. The number of furan rings is 1. The van der Waals surface area contributed by atoms with Gasteiger partial charge in [-0.15, -0.1) is 0 Å². The molecule has 1 aliphatic rings. The molecule has 12 heteroatoms. The Morgan fingerprint density at radius 3 is 2.73 bits per heavy atom. The van der Waals surface area contributed by atoms with Gasteiger partial charge in [-0.2, -0.15) is 20.1 Å². The van der Waals surface area contributed by atoms with Crippen LogP contribution in [0.5, 0.6) is 6.01 Å². The monoisotopic (exact) mass is 453 g/mol. The van der Waals surface area contributed by atoms with Crippen molar-refractivity contribution in [3.63, 3.8) is 0 Å². The van der Waals surface area contributed by atoms with Crippen molar-refractivity contribution in [2.45, 2.75) is 13.8 Å². The molecule has 172 valence electrons. The minimum atomic E-state index is -0.394. The van der Waals surface area contributed by atoms with Crippen molar-refractivity contribution in [3.8, 4) is 17.3 Å². The average molecular weight is 453 g/mol. The van der Waals surface area contributed by atoms with Crippen molar-refractivity contribution in [1.29, 1.82) is 0 Å². The lowest BCUT2D eigenvalue weighted by Gasteiger charge is -2.26. The lowest BCUT2D eigenvalue weighted by molar-refractivity contribution is -0.385. The fraction of sp³-hybridized carbons (Fsp3) is 0.333. The largest absolute Gasteiger partial charge is 0.467 e. The van der Waals surface area contributed by atoms with Gasteiger partial charge >= 0.3 is 6.01 Å². The van der Waals surface area contributed by atoms with Crippen molar-refractivity contribution in [3.05, 3.63) is 51.3 Å². The second-order valence-corrected chi connectivity index (χ2v) is 7.33. The smallest absolute Gasteiger partial charge is 0.322 e. The number of anilines is 2. The first-order valence-electron chi connectivity index (χ1n) is 10.2. The topological polar surface area (TPSA) is 141 Å². The van der Waals surface area contributed by atoms with Gasteiger partial charge < -0.3 is 18.8 Å². The second kappa shape index (κ2) is 9.61. The van der Waals surface area contributed by atoms with Crippen LogP contribution in [0, 0.1) is 24.0 Å². The molecule has 1 fully saturated rings. The molecule has 1 N–H and O–H groups in total. The van der Waals surface area contributed by atoms with Crippen LogP contribution in [-0.2, 0) is 4.74 Å². The molecule has 0 radical (unpaired) electrons. The molecule has 0 saturated carbocycles. The third-order valence-electron chi connectivity index (χ3n) is 5.05. The molecule has 0 spiro atoms. The zero-order valence-electron chi connectivity index (χ0n) is 18.4. The van der Waals surface area contributed by atoms with E-state index in [4.69, 9.17) is 13.9 Å². The molecule has 4 rings (SSSR count). The standard InChI is InChI=1S/C21H23N7O5/c1-13-10-16(14(2)17(11-13)28(29)30)18-5-4-15(33-18)12-22-26-19-23-20(25-21(24-19)31-3)27-6-8-32-9-7-27/h4-5,10-12H,6-9H2,1-3H3,(H,23,24,25,26)/b22-12-. The first kappa shape index (κ1) is 22.1. The highest BCUT2D eigenvalue weighted by Gasteiger charge is 2.19. The third-order valence-corrected chi connectivity index (χ3v) is 5.05. The van der Waals surface area contributed by atoms with Crippen molar-refractivity contribution in [2.24, 2.45) is 5.10 Å². The Kier molecular flexibility index (Phi) is 6.45. The number of nitrogens with zero attached hydrogens (tertiary/aromatic N) is 6. The Morgan fingerprint density at radius 2 is 2.00 bits per heavy atom. The molecule has 1 aliphatic heterocycles. The van der Waals surface area contributed by atoms with Crippen LogP contribution in [0.1, 0.15) is 16.9 Å². The fourth-order valence-corrected chi connectivity index (χ4v) is 3.40. The van der Waals surface area contributed by atoms with Gasteiger partial charge in [-0.3, -0.25) is 10.1 Å². The van der Waals surface area contributed by atoms with Gasteiger partial charge in [0.15, 0.2) is 0 Å². The molecule has 0 atom stereocenters. The number of hydrazone groups is 1. The number of hydrogen-bond donors (Lipinski definition) is 1. The molecule has 0 amide bonds. The molecule has 3 aromatic rings. The SMILES string of the molecule is COc1nc(N/N=C\c2ccc(-c3cc(C)cc([N+](=O)[O-])c3C)o2)nc(N2CCOCC2)n1.